The molecule has 0 radical (unpaired) electrons. The van der Waals surface area contributed by atoms with Crippen molar-refractivity contribution in [3.8, 4) is 0 Å². The third-order valence-electron chi connectivity index (χ3n) is 5.65. The molecule has 0 aliphatic heterocycles. The van der Waals surface area contributed by atoms with Crippen molar-refractivity contribution in [3.05, 3.63) is 53.3 Å². The van der Waals surface area contributed by atoms with E-state index in [9.17, 15) is 9.18 Å². The van der Waals surface area contributed by atoms with E-state index in [-0.39, 0.29) is 17.3 Å². The first-order valence-electron chi connectivity index (χ1n) is 10.4. The summed E-state index contributed by atoms with van der Waals surface area (Å²) in [7, 11) is 1.63. The molecular weight excluding hydrogens is 399 g/mol. The van der Waals surface area contributed by atoms with E-state index in [4.69, 9.17) is 9.15 Å². The van der Waals surface area contributed by atoms with Crippen molar-refractivity contribution >= 4 is 22.8 Å². The maximum atomic E-state index is 13.7. The van der Waals surface area contributed by atoms with Crippen LogP contribution in [0.3, 0.4) is 0 Å². The Morgan fingerprint density at radius 3 is 2.71 bits per heavy atom. The van der Waals surface area contributed by atoms with E-state index in [1.54, 1.807) is 31.1 Å². The van der Waals surface area contributed by atoms with Crippen LogP contribution in [0.2, 0.25) is 0 Å². The maximum Gasteiger partial charge on any atom is 0.258 e. The third-order valence-corrected chi connectivity index (χ3v) is 5.65. The molecule has 1 aliphatic rings. The number of hydrogen-bond donors (Lipinski definition) is 1. The van der Waals surface area contributed by atoms with Crippen molar-refractivity contribution in [2.45, 2.75) is 45.2 Å². The first-order valence-corrected chi connectivity index (χ1v) is 10.4. The Balaban J connectivity index is 1.69. The number of fused-ring (bicyclic) bond motifs is 1. The smallest absolute Gasteiger partial charge is 0.258 e. The second kappa shape index (κ2) is 8.63. The molecule has 4 rings (SSSR count). The number of carbonyl (C=O) groups excluding carboxylic acids is 1. The van der Waals surface area contributed by atoms with Crippen molar-refractivity contribution in [1.82, 2.24) is 14.9 Å². The van der Waals surface area contributed by atoms with Crippen molar-refractivity contribution in [2.75, 3.05) is 25.6 Å². The van der Waals surface area contributed by atoms with Crippen LogP contribution >= 0.6 is 0 Å². The number of halogens is 1. The summed E-state index contributed by atoms with van der Waals surface area (Å²) in [5.74, 6) is 0.638. The first-order chi connectivity index (χ1) is 14.9. The monoisotopic (exact) mass is 426 g/mol. The molecule has 0 spiro atoms. The highest BCUT2D eigenvalue weighted by molar-refractivity contribution is 6.10. The number of ether oxygens (including phenoxy) is 1. The fraction of sp³-hybridized carbons (Fsp3) is 0.435. The Kier molecular flexibility index (Phi) is 5.91. The molecule has 1 fully saturated rings. The number of amides is 1. The molecule has 1 N–H and O–H groups in total. The van der Waals surface area contributed by atoms with Gasteiger partial charge in [-0.3, -0.25) is 4.79 Å². The number of nitrogens with zero attached hydrogens (tertiary/aromatic N) is 3. The fourth-order valence-corrected chi connectivity index (χ4v) is 3.62. The van der Waals surface area contributed by atoms with Gasteiger partial charge in [0.15, 0.2) is 0 Å². The summed E-state index contributed by atoms with van der Waals surface area (Å²) in [5.41, 5.74) is 1.68. The van der Waals surface area contributed by atoms with E-state index in [2.05, 4.69) is 22.2 Å². The lowest BCUT2D eigenvalue weighted by atomic mass is 10.1. The van der Waals surface area contributed by atoms with Gasteiger partial charge < -0.3 is 19.4 Å². The van der Waals surface area contributed by atoms with E-state index < -0.39 is 0 Å². The second-order valence-electron chi connectivity index (χ2n) is 8.32. The molecule has 0 bridgehead atoms. The summed E-state index contributed by atoms with van der Waals surface area (Å²) in [5, 5.41) is 4.05. The molecule has 2 aromatic heterocycles. The lowest BCUT2D eigenvalue weighted by Crippen LogP contribution is -2.32. The van der Waals surface area contributed by atoms with Gasteiger partial charge in [-0.1, -0.05) is 12.1 Å². The van der Waals surface area contributed by atoms with Gasteiger partial charge in [-0.15, -0.1) is 0 Å². The number of aryl methyl sites for hydroxylation is 1. The van der Waals surface area contributed by atoms with Crippen molar-refractivity contribution < 1.29 is 18.3 Å². The van der Waals surface area contributed by atoms with Crippen molar-refractivity contribution in [1.29, 1.82) is 0 Å². The van der Waals surface area contributed by atoms with Crippen LogP contribution in [-0.2, 0) is 11.3 Å². The highest BCUT2D eigenvalue weighted by atomic mass is 19.1. The number of aromatic nitrogens is 2. The number of furan rings is 1. The molecule has 31 heavy (non-hydrogen) atoms. The number of nitrogens with one attached hydrogen (secondary N) is 1. The number of methoxy groups -OCH3 is 1. The number of anilines is 1. The molecule has 0 saturated heterocycles. The molecule has 0 unspecified atom stereocenters. The van der Waals surface area contributed by atoms with Crippen molar-refractivity contribution in [2.24, 2.45) is 0 Å². The predicted octanol–water partition coefficient (Wildman–Crippen LogP) is 4.31. The standard InChI is InChI=1S/C23H27FN4O3/c1-15-18(19-20(27-23(2)9-10-23)25-14-26-21(19)31-15)22(29)28(11-4-12-30-3)13-16-5-7-17(24)8-6-16/h5-8,14H,4,9-13H2,1-3H3,(H,25,26,27). The average Bonchev–Trinajstić information content (AvgIpc) is 3.36. The number of benzene rings is 1. The summed E-state index contributed by atoms with van der Waals surface area (Å²) >= 11 is 0. The fourth-order valence-electron chi connectivity index (χ4n) is 3.62. The van der Waals surface area contributed by atoms with Crippen LogP contribution in [0.15, 0.2) is 35.0 Å². The van der Waals surface area contributed by atoms with Crippen LogP contribution in [-0.4, -0.2) is 46.6 Å². The zero-order valence-electron chi connectivity index (χ0n) is 18.1. The van der Waals surface area contributed by atoms with Crippen LogP contribution < -0.4 is 5.32 Å². The van der Waals surface area contributed by atoms with Gasteiger partial charge in [-0.25, -0.2) is 14.4 Å². The van der Waals surface area contributed by atoms with Gasteiger partial charge in [0.2, 0.25) is 5.71 Å². The van der Waals surface area contributed by atoms with E-state index in [1.165, 1.54) is 18.5 Å². The summed E-state index contributed by atoms with van der Waals surface area (Å²) in [6.07, 6.45) is 4.22. The number of carbonyl (C=O) groups is 1. The van der Waals surface area contributed by atoms with Gasteiger partial charge in [0.25, 0.3) is 5.91 Å². The number of hydrogen-bond acceptors (Lipinski definition) is 6. The summed E-state index contributed by atoms with van der Waals surface area (Å²) < 4.78 is 24.3. The van der Waals surface area contributed by atoms with Gasteiger partial charge in [-0.2, -0.15) is 0 Å². The molecule has 8 heteroatoms. The molecule has 164 valence electrons. The Morgan fingerprint density at radius 1 is 1.29 bits per heavy atom. The molecule has 0 atom stereocenters. The highest BCUT2D eigenvalue weighted by Gasteiger charge is 2.38. The second-order valence-corrected chi connectivity index (χ2v) is 8.32. The normalized spacial score (nSPS) is 14.6. The molecular formula is C23H27FN4O3. The van der Waals surface area contributed by atoms with Crippen LogP contribution in [0.5, 0.6) is 0 Å². The lowest BCUT2D eigenvalue weighted by molar-refractivity contribution is 0.0723. The minimum Gasteiger partial charge on any atom is -0.442 e. The van der Waals surface area contributed by atoms with E-state index in [0.29, 0.717) is 54.4 Å². The Labute approximate surface area is 180 Å². The minimum atomic E-state index is -0.306. The van der Waals surface area contributed by atoms with Crippen molar-refractivity contribution in [3.63, 3.8) is 0 Å². The van der Waals surface area contributed by atoms with E-state index in [0.717, 1.165) is 18.4 Å². The van der Waals surface area contributed by atoms with Gasteiger partial charge >= 0.3 is 0 Å². The summed E-state index contributed by atoms with van der Waals surface area (Å²) in [6.45, 7) is 5.27. The highest BCUT2D eigenvalue weighted by Crippen LogP contribution is 2.40. The van der Waals surface area contributed by atoms with Gasteiger partial charge in [-0.05, 0) is 50.8 Å². The topological polar surface area (TPSA) is 80.5 Å². The van der Waals surface area contributed by atoms with Crippen LogP contribution in [0, 0.1) is 12.7 Å². The first kappa shape index (κ1) is 21.2. The minimum absolute atomic E-state index is 0.0148. The van der Waals surface area contributed by atoms with E-state index >= 15 is 0 Å². The average molecular weight is 426 g/mol. The number of rotatable bonds is 9. The Hall–Kier alpha value is -3.00. The zero-order chi connectivity index (χ0) is 22.0. The zero-order valence-corrected chi connectivity index (χ0v) is 18.1. The quantitative estimate of drug-likeness (QED) is 0.514. The Morgan fingerprint density at radius 2 is 2.03 bits per heavy atom. The molecule has 7 nitrogen and oxygen atoms in total. The van der Waals surface area contributed by atoms with Crippen LogP contribution in [0.4, 0.5) is 10.2 Å². The SMILES string of the molecule is COCCCN(Cc1ccc(F)cc1)C(=O)c1c(C)oc2ncnc(NC3(C)CC3)c12. The summed E-state index contributed by atoms with van der Waals surface area (Å²) in [6, 6.07) is 6.18. The largest absolute Gasteiger partial charge is 0.442 e. The molecule has 1 aliphatic carbocycles. The third kappa shape index (κ3) is 4.69. The van der Waals surface area contributed by atoms with Crippen LogP contribution in [0.25, 0.3) is 11.1 Å². The molecule has 1 aromatic carbocycles. The maximum absolute atomic E-state index is 13.7. The molecule has 1 amide bonds. The molecule has 2 heterocycles. The molecule has 1 saturated carbocycles. The molecule has 3 aromatic rings. The van der Waals surface area contributed by atoms with Crippen LogP contribution in [0.1, 0.15) is 47.9 Å². The summed E-state index contributed by atoms with van der Waals surface area (Å²) in [4.78, 5) is 24.1. The van der Waals surface area contributed by atoms with Gasteiger partial charge in [0.1, 0.15) is 23.7 Å². The predicted molar refractivity (Wildman–Crippen MR) is 115 cm³/mol. The Bertz CT molecular complexity index is 1080. The van der Waals surface area contributed by atoms with E-state index in [1.807, 2.05) is 0 Å². The van der Waals surface area contributed by atoms with Gasteiger partial charge in [0.05, 0.1) is 10.9 Å². The lowest BCUT2D eigenvalue weighted by Gasteiger charge is -2.23. The van der Waals surface area contributed by atoms with Gasteiger partial charge in [0, 0.05) is 32.3 Å².